The number of carbonyl (C=O) groups excluding carboxylic acids is 1. The highest BCUT2D eigenvalue weighted by molar-refractivity contribution is 5.94. The van der Waals surface area contributed by atoms with Gasteiger partial charge in [0.05, 0.1) is 5.69 Å². The van der Waals surface area contributed by atoms with Crippen LogP contribution in [0.25, 0.3) is 11.3 Å². The maximum Gasteiger partial charge on any atom is 0.251 e. The Hall–Kier alpha value is -3.28. The van der Waals surface area contributed by atoms with Gasteiger partial charge in [-0.25, -0.2) is 4.39 Å². The Labute approximate surface area is 157 Å². The molecule has 0 aliphatic heterocycles. The van der Waals surface area contributed by atoms with Gasteiger partial charge < -0.3 is 10.1 Å². The van der Waals surface area contributed by atoms with Crippen LogP contribution in [0.15, 0.2) is 60.7 Å². The fraction of sp³-hybridized carbons (Fsp3) is 0.190. The maximum absolute atomic E-state index is 12.9. The summed E-state index contributed by atoms with van der Waals surface area (Å²) in [5.41, 5.74) is 2.12. The molecule has 0 saturated heterocycles. The largest absolute Gasteiger partial charge is 0.438 e. The van der Waals surface area contributed by atoms with Gasteiger partial charge in [0.25, 0.3) is 5.91 Å². The molecule has 6 heteroatoms. The fourth-order valence-electron chi connectivity index (χ4n) is 2.42. The number of halogens is 1. The maximum atomic E-state index is 12.9. The first-order chi connectivity index (χ1) is 13.2. The van der Waals surface area contributed by atoms with Gasteiger partial charge in [0.15, 0.2) is 0 Å². The fourth-order valence-corrected chi connectivity index (χ4v) is 2.42. The van der Waals surface area contributed by atoms with E-state index in [1.807, 2.05) is 12.1 Å². The summed E-state index contributed by atoms with van der Waals surface area (Å²) in [5, 5.41) is 11.1. The van der Waals surface area contributed by atoms with Crippen LogP contribution in [0.5, 0.6) is 11.6 Å². The van der Waals surface area contributed by atoms with E-state index in [2.05, 4.69) is 22.4 Å². The SMILES string of the molecule is CCCCNC(=O)c1ccc(-c2ccc(Oc3ccc(F)cc3)nn2)cc1. The molecule has 1 aromatic heterocycles. The Morgan fingerprint density at radius 1 is 1.00 bits per heavy atom. The number of benzene rings is 2. The van der Waals surface area contributed by atoms with Crippen molar-refractivity contribution < 1.29 is 13.9 Å². The van der Waals surface area contributed by atoms with Crippen LogP contribution in [0.3, 0.4) is 0 Å². The summed E-state index contributed by atoms with van der Waals surface area (Å²) >= 11 is 0. The van der Waals surface area contributed by atoms with Crippen LogP contribution in [0.1, 0.15) is 30.1 Å². The zero-order valence-electron chi connectivity index (χ0n) is 15.0. The van der Waals surface area contributed by atoms with E-state index in [0.717, 1.165) is 18.4 Å². The number of ether oxygens (including phenoxy) is 1. The van der Waals surface area contributed by atoms with Gasteiger partial charge in [-0.3, -0.25) is 4.79 Å². The van der Waals surface area contributed by atoms with E-state index >= 15 is 0 Å². The number of unbranched alkanes of at least 4 members (excludes halogenated alkanes) is 1. The van der Waals surface area contributed by atoms with Crippen molar-refractivity contribution >= 4 is 5.91 Å². The Kier molecular flexibility index (Phi) is 6.10. The average molecular weight is 365 g/mol. The van der Waals surface area contributed by atoms with E-state index in [9.17, 15) is 9.18 Å². The predicted octanol–water partition coefficient (Wildman–Crippen LogP) is 4.60. The van der Waals surface area contributed by atoms with E-state index < -0.39 is 0 Å². The molecule has 2 aromatic carbocycles. The second kappa shape index (κ2) is 8.89. The molecule has 0 spiro atoms. The first-order valence-electron chi connectivity index (χ1n) is 8.81. The number of rotatable bonds is 7. The lowest BCUT2D eigenvalue weighted by Crippen LogP contribution is -2.24. The molecule has 27 heavy (non-hydrogen) atoms. The minimum Gasteiger partial charge on any atom is -0.438 e. The molecule has 5 nitrogen and oxygen atoms in total. The molecule has 0 radical (unpaired) electrons. The Morgan fingerprint density at radius 3 is 2.37 bits per heavy atom. The van der Waals surface area contributed by atoms with Crippen LogP contribution >= 0.6 is 0 Å². The lowest BCUT2D eigenvalue weighted by atomic mass is 10.1. The van der Waals surface area contributed by atoms with Gasteiger partial charge in [-0.1, -0.05) is 25.5 Å². The second-order valence-electron chi connectivity index (χ2n) is 6.00. The van der Waals surface area contributed by atoms with E-state index in [1.165, 1.54) is 24.3 Å². The van der Waals surface area contributed by atoms with Crippen molar-refractivity contribution in [3.8, 4) is 22.9 Å². The number of aromatic nitrogens is 2. The number of nitrogens with zero attached hydrogens (tertiary/aromatic N) is 2. The zero-order valence-corrected chi connectivity index (χ0v) is 15.0. The summed E-state index contributed by atoms with van der Waals surface area (Å²) in [5.74, 6) is 0.393. The molecule has 0 aliphatic carbocycles. The average Bonchev–Trinajstić information content (AvgIpc) is 2.70. The van der Waals surface area contributed by atoms with Gasteiger partial charge in [0, 0.05) is 23.7 Å². The highest BCUT2D eigenvalue weighted by Gasteiger charge is 2.07. The van der Waals surface area contributed by atoms with Crippen molar-refractivity contribution in [1.82, 2.24) is 15.5 Å². The molecule has 1 heterocycles. The standard InChI is InChI=1S/C21H20FN3O2/c1-2-3-14-23-21(26)16-6-4-15(5-7-16)19-12-13-20(25-24-19)27-18-10-8-17(22)9-11-18/h4-13H,2-3,14H2,1H3,(H,23,26). The van der Waals surface area contributed by atoms with Crippen LogP contribution in [-0.2, 0) is 0 Å². The van der Waals surface area contributed by atoms with Gasteiger partial charge in [0.2, 0.25) is 5.88 Å². The third-order valence-electron chi connectivity index (χ3n) is 3.93. The quantitative estimate of drug-likeness (QED) is 0.621. The second-order valence-corrected chi connectivity index (χ2v) is 6.00. The van der Waals surface area contributed by atoms with E-state index in [0.29, 0.717) is 29.4 Å². The number of amides is 1. The normalized spacial score (nSPS) is 10.4. The monoisotopic (exact) mass is 365 g/mol. The van der Waals surface area contributed by atoms with Crippen LogP contribution < -0.4 is 10.1 Å². The summed E-state index contributed by atoms with van der Waals surface area (Å²) < 4.78 is 18.4. The van der Waals surface area contributed by atoms with Crippen LogP contribution in [0.4, 0.5) is 4.39 Å². The summed E-state index contributed by atoms with van der Waals surface area (Å²) in [6.45, 7) is 2.76. The smallest absolute Gasteiger partial charge is 0.251 e. The molecule has 3 rings (SSSR count). The van der Waals surface area contributed by atoms with Crippen molar-refractivity contribution in [1.29, 1.82) is 0 Å². The number of hydrogen-bond donors (Lipinski definition) is 1. The summed E-state index contributed by atoms with van der Waals surface area (Å²) in [6, 6.07) is 16.3. The number of carbonyl (C=O) groups is 1. The molecule has 3 aromatic rings. The summed E-state index contributed by atoms with van der Waals surface area (Å²) in [6.07, 6.45) is 2.00. The minimum atomic E-state index is -0.328. The molecule has 138 valence electrons. The van der Waals surface area contributed by atoms with Gasteiger partial charge in [-0.15, -0.1) is 10.2 Å². The molecular weight excluding hydrogens is 345 g/mol. The molecule has 1 amide bonds. The van der Waals surface area contributed by atoms with E-state index in [4.69, 9.17) is 4.74 Å². The van der Waals surface area contributed by atoms with Crippen molar-refractivity contribution in [3.05, 3.63) is 72.0 Å². The zero-order chi connectivity index (χ0) is 19.1. The van der Waals surface area contributed by atoms with Crippen molar-refractivity contribution in [2.75, 3.05) is 6.54 Å². The molecular formula is C21H20FN3O2. The summed E-state index contributed by atoms with van der Waals surface area (Å²) in [4.78, 5) is 12.0. The van der Waals surface area contributed by atoms with E-state index in [1.54, 1.807) is 24.3 Å². The Morgan fingerprint density at radius 2 is 1.74 bits per heavy atom. The third kappa shape index (κ3) is 5.10. The third-order valence-corrected chi connectivity index (χ3v) is 3.93. The summed E-state index contributed by atoms with van der Waals surface area (Å²) in [7, 11) is 0. The van der Waals surface area contributed by atoms with Crippen LogP contribution in [0, 0.1) is 5.82 Å². The molecule has 0 fully saturated rings. The molecule has 0 atom stereocenters. The minimum absolute atomic E-state index is 0.0795. The van der Waals surface area contributed by atoms with Crippen LogP contribution in [0.2, 0.25) is 0 Å². The van der Waals surface area contributed by atoms with E-state index in [-0.39, 0.29) is 11.7 Å². The van der Waals surface area contributed by atoms with Crippen molar-refractivity contribution in [2.24, 2.45) is 0 Å². The molecule has 0 saturated carbocycles. The highest BCUT2D eigenvalue weighted by atomic mass is 19.1. The molecule has 1 N–H and O–H groups in total. The molecule has 0 aliphatic rings. The predicted molar refractivity (Wildman–Crippen MR) is 101 cm³/mol. The topological polar surface area (TPSA) is 64.1 Å². The number of hydrogen-bond acceptors (Lipinski definition) is 4. The number of nitrogens with one attached hydrogen (secondary N) is 1. The first-order valence-corrected chi connectivity index (χ1v) is 8.81. The van der Waals surface area contributed by atoms with Gasteiger partial charge in [-0.05, 0) is 48.9 Å². The lowest BCUT2D eigenvalue weighted by Gasteiger charge is -2.06. The lowest BCUT2D eigenvalue weighted by molar-refractivity contribution is 0.0953. The Bertz CT molecular complexity index is 879. The van der Waals surface area contributed by atoms with Gasteiger partial charge in [-0.2, -0.15) is 0 Å². The van der Waals surface area contributed by atoms with Crippen molar-refractivity contribution in [2.45, 2.75) is 19.8 Å². The first kappa shape index (κ1) is 18.5. The molecule has 0 unspecified atom stereocenters. The highest BCUT2D eigenvalue weighted by Crippen LogP contribution is 2.22. The van der Waals surface area contributed by atoms with Gasteiger partial charge in [0.1, 0.15) is 11.6 Å². The van der Waals surface area contributed by atoms with Gasteiger partial charge >= 0.3 is 0 Å². The Balaban J connectivity index is 1.64. The van der Waals surface area contributed by atoms with Crippen molar-refractivity contribution in [3.63, 3.8) is 0 Å². The molecule has 0 bridgehead atoms. The van der Waals surface area contributed by atoms with Crippen LogP contribution in [-0.4, -0.2) is 22.6 Å².